The van der Waals surface area contributed by atoms with Gasteiger partial charge in [-0.1, -0.05) is 49.3 Å². The molecule has 1 N–H and O–H groups in total. The minimum absolute atomic E-state index is 0.202. The van der Waals surface area contributed by atoms with E-state index in [1.807, 2.05) is 25.2 Å². The monoisotopic (exact) mass is 287 g/mol. The second kappa shape index (κ2) is 6.39. The number of hydrogen-bond acceptors (Lipinski definition) is 4. The van der Waals surface area contributed by atoms with E-state index in [0.717, 1.165) is 12.2 Å². The first kappa shape index (κ1) is 15.7. The van der Waals surface area contributed by atoms with Gasteiger partial charge in [-0.2, -0.15) is 4.98 Å². The van der Waals surface area contributed by atoms with Crippen molar-refractivity contribution in [2.45, 2.75) is 51.5 Å². The molecule has 4 heteroatoms. The summed E-state index contributed by atoms with van der Waals surface area (Å²) in [4.78, 5) is 4.66. The van der Waals surface area contributed by atoms with E-state index in [-0.39, 0.29) is 11.3 Å². The molecule has 0 aliphatic rings. The lowest BCUT2D eigenvalue weighted by atomic mass is 9.84. The van der Waals surface area contributed by atoms with Crippen LogP contribution < -0.4 is 5.32 Å². The fourth-order valence-corrected chi connectivity index (χ4v) is 2.64. The first-order chi connectivity index (χ1) is 10.0. The molecule has 0 amide bonds. The Labute approximate surface area is 127 Å². The summed E-state index contributed by atoms with van der Waals surface area (Å²) in [6.45, 7) is 8.52. The van der Waals surface area contributed by atoms with E-state index in [0.29, 0.717) is 11.9 Å². The smallest absolute Gasteiger partial charge is 0.231 e. The molecule has 2 atom stereocenters. The molecule has 0 aliphatic carbocycles. The zero-order chi connectivity index (χ0) is 15.5. The summed E-state index contributed by atoms with van der Waals surface area (Å²) in [7, 11) is 1.97. The van der Waals surface area contributed by atoms with Crippen LogP contribution in [-0.2, 0) is 5.41 Å². The van der Waals surface area contributed by atoms with Crippen molar-refractivity contribution in [1.29, 1.82) is 0 Å². The standard InChI is InChI=1S/C17H25N3O/c1-6-14(18-5)12(2)15-19-16(20-21-15)17(3,4)13-10-8-7-9-11-13/h7-12,14,18H,6H2,1-5H3. The van der Waals surface area contributed by atoms with Crippen LogP contribution in [-0.4, -0.2) is 23.2 Å². The molecular weight excluding hydrogens is 262 g/mol. The van der Waals surface area contributed by atoms with Crippen molar-refractivity contribution in [3.8, 4) is 0 Å². The maximum absolute atomic E-state index is 5.52. The van der Waals surface area contributed by atoms with Gasteiger partial charge < -0.3 is 9.84 Å². The predicted molar refractivity (Wildman–Crippen MR) is 84.4 cm³/mol. The van der Waals surface area contributed by atoms with Crippen LogP contribution in [0.25, 0.3) is 0 Å². The van der Waals surface area contributed by atoms with Crippen LogP contribution in [0.2, 0.25) is 0 Å². The van der Waals surface area contributed by atoms with Crippen LogP contribution in [0.1, 0.15) is 57.3 Å². The summed E-state index contributed by atoms with van der Waals surface area (Å²) >= 11 is 0. The number of hydrogen-bond donors (Lipinski definition) is 1. The van der Waals surface area contributed by atoms with Crippen molar-refractivity contribution >= 4 is 0 Å². The van der Waals surface area contributed by atoms with Gasteiger partial charge in [0.15, 0.2) is 5.82 Å². The molecule has 1 aromatic heterocycles. The molecule has 0 bridgehead atoms. The van der Waals surface area contributed by atoms with E-state index in [4.69, 9.17) is 4.52 Å². The molecule has 1 aromatic carbocycles. The Bertz CT molecular complexity index is 558. The second-order valence-corrected chi connectivity index (χ2v) is 6.04. The molecule has 4 nitrogen and oxygen atoms in total. The molecule has 0 radical (unpaired) electrons. The largest absolute Gasteiger partial charge is 0.339 e. The Hall–Kier alpha value is -1.68. The lowest BCUT2D eigenvalue weighted by molar-refractivity contribution is 0.321. The second-order valence-electron chi connectivity index (χ2n) is 6.04. The summed E-state index contributed by atoms with van der Waals surface area (Å²) in [6, 6.07) is 10.6. The van der Waals surface area contributed by atoms with Crippen LogP contribution in [0.4, 0.5) is 0 Å². The third-order valence-corrected chi connectivity index (χ3v) is 4.30. The first-order valence-electron chi connectivity index (χ1n) is 7.57. The summed E-state index contributed by atoms with van der Waals surface area (Å²) in [5.41, 5.74) is 0.926. The molecular formula is C17H25N3O. The van der Waals surface area contributed by atoms with Gasteiger partial charge in [-0.15, -0.1) is 0 Å². The fourth-order valence-electron chi connectivity index (χ4n) is 2.64. The molecule has 21 heavy (non-hydrogen) atoms. The number of nitrogens with zero attached hydrogens (tertiary/aromatic N) is 2. The highest BCUT2D eigenvalue weighted by molar-refractivity contribution is 5.30. The molecule has 1 heterocycles. The Balaban J connectivity index is 2.27. The Morgan fingerprint density at radius 3 is 2.48 bits per heavy atom. The first-order valence-corrected chi connectivity index (χ1v) is 7.57. The Morgan fingerprint density at radius 1 is 1.24 bits per heavy atom. The van der Waals surface area contributed by atoms with E-state index in [2.05, 4.69) is 55.3 Å². The van der Waals surface area contributed by atoms with Crippen LogP contribution in [0.3, 0.4) is 0 Å². The quantitative estimate of drug-likeness (QED) is 0.883. The fraction of sp³-hybridized carbons (Fsp3) is 0.529. The van der Waals surface area contributed by atoms with Crippen LogP contribution >= 0.6 is 0 Å². The number of rotatable bonds is 6. The molecule has 0 saturated heterocycles. The van der Waals surface area contributed by atoms with E-state index < -0.39 is 0 Å². The third-order valence-electron chi connectivity index (χ3n) is 4.30. The van der Waals surface area contributed by atoms with E-state index >= 15 is 0 Å². The zero-order valence-electron chi connectivity index (χ0n) is 13.6. The molecule has 2 aromatic rings. The van der Waals surface area contributed by atoms with Gasteiger partial charge in [0.25, 0.3) is 0 Å². The van der Waals surface area contributed by atoms with Crippen molar-refractivity contribution in [3.63, 3.8) is 0 Å². The maximum Gasteiger partial charge on any atom is 0.231 e. The van der Waals surface area contributed by atoms with Gasteiger partial charge in [0.1, 0.15) is 0 Å². The van der Waals surface area contributed by atoms with Gasteiger partial charge in [0.05, 0.1) is 11.3 Å². The molecule has 0 fully saturated rings. The highest BCUT2D eigenvalue weighted by Crippen LogP contribution is 2.30. The van der Waals surface area contributed by atoms with E-state index in [1.165, 1.54) is 5.56 Å². The molecule has 0 aliphatic heterocycles. The average Bonchev–Trinajstić information content (AvgIpc) is 3.00. The highest BCUT2D eigenvalue weighted by Gasteiger charge is 2.30. The summed E-state index contributed by atoms with van der Waals surface area (Å²) in [6.07, 6.45) is 1.03. The number of benzene rings is 1. The topological polar surface area (TPSA) is 51.0 Å². The van der Waals surface area contributed by atoms with Crippen molar-refractivity contribution in [2.75, 3.05) is 7.05 Å². The summed E-state index contributed by atoms with van der Waals surface area (Å²) in [5.74, 6) is 1.64. The third kappa shape index (κ3) is 3.16. The van der Waals surface area contributed by atoms with Crippen molar-refractivity contribution < 1.29 is 4.52 Å². The van der Waals surface area contributed by atoms with Gasteiger partial charge in [0.2, 0.25) is 5.89 Å². The van der Waals surface area contributed by atoms with E-state index in [9.17, 15) is 0 Å². The lowest BCUT2D eigenvalue weighted by Crippen LogP contribution is -2.30. The number of nitrogens with one attached hydrogen (secondary N) is 1. The van der Waals surface area contributed by atoms with Gasteiger partial charge in [0, 0.05) is 6.04 Å². The Kier molecular flexibility index (Phi) is 4.78. The summed E-state index contributed by atoms with van der Waals surface area (Å²) < 4.78 is 5.52. The minimum Gasteiger partial charge on any atom is -0.339 e. The lowest BCUT2D eigenvalue weighted by Gasteiger charge is -2.21. The average molecular weight is 287 g/mol. The van der Waals surface area contributed by atoms with Crippen molar-refractivity contribution in [2.24, 2.45) is 0 Å². The molecule has 2 rings (SSSR count). The van der Waals surface area contributed by atoms with Gasteiger partial charge in [-0.05, 0) is 32.9 Å². The SMILES string of the molecule is CCC(NC)C(C)c1nc(C(C)(C)c2ccccc2)no1. The van der Waals surface area contributed by atoms with E-state index in [1.54, 1.807) is 0 Å². The Morgan fingerprint density at radius 2 is 1.90 bits per heavy atom. The molecule has 0 saturated carbocycles. The van der Waals surface area contributed by atoms with Crippen molar-refractivity contribution in [3.05, 3.63) is 47.6 Å². The minimum atomic E-state index is -0.260. The number of likely N-dealkylation sites (N-methyl/N-ethyl adjacent to an activating group) is 1. The number of aromatic nitrogens is 2. The normalized spacial score (nSPS) is 14.9. The highest BCUT2D eigenvalue weighted by atomic mass is 16.5. The van der Waals surface area contributed by atoms with Crippen molar-refractivity contribution in [1.82, 2.24) is 15.5 Å². The molecule has 2 unspecified atom stereocenters. The van der Waals surface area contributed by atoms with Crippen LogP contribution in [0.15, 0.2) is 34.9 Å². The molecule has 114 valence electrons. The maximum atomic E-state index is 5.52. The summed E-state index contributed by atoms with van der Waals surface area (Å²) in [5, 5.41) is 7.52. The zero-order valence-corrected chi connectivity index (χ0v) is 13.6. The van der Waals surface area contributed by atoms with Gasteiger partial charge in [-0.25, -0.2) is 0 Å². The molecule has 0 spiro atoms. The van der Waals surface area contributed by atoms with Crippen LogP contribution in [0.5, 0.6) is 0 Å². The van der Waals surface area contributed by atoms with Crippen LogP contribution in [0, 0.1) is 0 Å². The van der Waals surface area contributed by atoms with Gasteiger partial charge >= 0.3 is 0 Å². The predicted octanol–water partition coefficient (Wildman–Crippen LogP) is 3.50. The van der Waals surface area contributed by atoms with Gasteiger partial charge in [-0.3, -0.25) is 0 Å².